The predicted octanol–water partition coefficient (Wildman–Crippen LogP) is 3.67. The van der Waals surface area contributed by atoms with Crippen molar-refractivity contribution in [2.24, 2.45) is 0 Å². The summed E-state index contributed by atoms with van der Waals surface area (Å²) >= 11 is 0. The van der Waals surface area contributed by atoms with Gasteiger partial charge in [0.2, 0.25) is 5.91 Å². The number of alkyl halides is 3. The molecular formula is C19H15F3N4O5. The van der Waals surface area contributed by atoms with E-state index in [2.05, 4.69) is 10.3 Å². The Balaban J connectivity index is 2.34. The molecule has 0 fully saturated rings. The van der Waals surface area contributed by atoms with Gasteiger partial charge in [-0.25, -0.2) is 9.78 Å². The van der Waals surface area contributed by atoms with Crippen LogP contribution in [0.5, 0.6) is 5.75 Å². The number of hydrogen-bond donors (Lipinski definition) is 3. The summed E-state index contributed by atoms with van der Waals surface area (Å²) in [5.41, 5.74) is -2.17. The highest BCUT2D eigenvalue weighted by Gasteiger charge is 2.36. The van der Waals surface area contributed by atoms with Gasteiger partial charge < -0.3 is 15.2 Å². The van der Waals surface area contributed by atoms with Crippen molar-refractivity contribution in [2.75, 3.05) is 17.2 Å². The number of carboxylic acid groups (broad SMARTS) is 1. The molecule has 12 heteroatoms. The van der Waals surface area contributed by atoms with Crippen LogP contribution in [-0.4, -0.2) is 34.5 Å². The fourth-order valence-corrected chi connectivity index (χ4v) is 2.51. The van der Waals surface area contributed by atoms with Gasteiger partial charge in [-0.1, -0.05) is 0 Å². The van der Waals surface area contributed by atoms with E-state index in [1.807, 2.05) is 5.32 Å². The number of carbonyl (C=O) groups is 3. The van der Waals surface area contributed by atoms with Crippen molar-refractivity contribution >= 4 is 29.2 Å². The molecule has 1 aromatic carbocycles. The highest BCUT2D eigenvalue weighted by molar-refractivity contribution is 6.12. The molecule has 0 aliphatic heterocycles. The summed E-state index contributed by atoms with van der Waals surface area (Å²) in [4.78, 5) is 39.2. The second-order valence-electron chi connectivity index (χ2n) is 5.94. The molecule has 0 bridgehead atoms. The van der Waals surface area contributed by atoms with Crippen molar-refractivity contribution in [3.63, 3.8) is 0 Å². The Bertz CT molecular complexity index is 1060. The van der Waals surface area contributed by atoms with Crippen molar-refractivity contribution in [3.05, 3.63) is 47.3 Å². The molecule has 2 rings (SSSR count). The van der Waals surface area contributed by atoms with E-state index in [0.717, 1.165) is 12.1 Å². The maximum atomic E-state index is 13.4. The first-order valence-corrected chi connectivity index (χ1v) is 8.62. The zero-order valence-corrected chi connectivity index (χ0v) is 15.9. The summed E-state index contributed by atoms with van der Waals surface area (Å²) in [6.07, 6.45) is -6.02. The Kier molecular flexibility index (Phi) is 7.15. The number of carbonyl (C=O) groups excluding carboxylic acids is 2. The smallest absolute Gasteiger partial charge is 0.420 e. The Hall–Kier alpha value is -4.14. The van der Waals surface area contributed by atoms with Gasteiger partial charge in [0.15, 0.2) is 5.78 Å². The molecule has 0 aliphatic rings. The molecule has 1 aromatic heterocycles. The third kappa shape index (κ3) is 6.17. The average molecular weight is 436 g/mol. The van der Waals surface area contributed by atoms with Crippen LogP contribution in [0.15, 0.2) is 30.5 Å². The highest BCUT2D eigenvalue weighted by Crippen LogP contribution is 2.41. The largest absolute Gasteiger partial charge is 0.493 e. The van der Waals surface area contributed by atoms with Gasteiger partial charge in [0.05, 0.1) is 30.0 Å². The standard InChI is InChI=1S/C19H15F3N4O5/c1-2-31-16-7-14(26-18(29)30)13(6-12(16)19(20,21)22)25-17(28)8-15(27)10-3-4-24-11(5-10)9-23/h3-7,26H,2,8H2,1H3,(H,25,28)(H,29,30). The topological polar surface area (TPSA) is 141 Å². The van der Waals surface area contributed by atoms with Crippen molar-refractivity contribution in [1.82, 2.24) is 4.98 Å². The number of ketones is 1. The summed E-state index contributed by atoms with van der Waals surface area (Å²) in [5, 5.41) is 21.7. The number of hydrogen-bond acceptors (Lipinski definition) is 6. The Morgan fingerprint density at radius 1 is 1.19 bits per heavy atom. The van der Waals surface area contributed by atoms with E-state index in [9.17, 15) is 27.6 Å². The maximum Gasteiger partial charge on any atom is 0.420 e. The number of benzene rings is 1. The zero-order valence-electron chi connectivity index (χ0n) is 15.9. The third-order valence-electron chi connectivity index (χ3n) is 3.76. The number of Topliss-reactive ketones (excluding diaryl/α,β-unsaturated/α-hetero) is 1. The first-order chi connectivity index (χ1) is 14.5. The fourth-order valence-electron chi connectivity index (χ4n) is 2.51. The number of nitriles is 1. The number of rotatable bonds is 7. The normalized spacial score (nSPS) is 10.7. The lowest BCUT2D eigenvalue weighted by Gasteiger charge is -2.18. The van der Waals surface area contributed by atoms with E-state index in [0.29, 0.717) is 6.07 Å². The van der Waals surface area contributed by atoms with E-state index in [-0.39, 0.29) is 23.6 Å². The number of ether oxygens (including phenoxy) is 1. The number of aromatic nitrogens is 1. The molecule has 0 spiro atoms. The highest BCUT2D eigenvalue weighted by atomic mass is 19.4. The SMILES string of the molecule is CCOc1cc(NC(=O)O)c(NC(=O)CC(=O)c2ccnc(C#N)c2)cc1C(F)(F)F. The molecule has 2 aromatic rings. The molecule has 0 aliphatic carbocycles. The van der Waals surface area contributed by atoms with Crippen LogP contribution in [0.4, 0.5) is 29.3 Å². The molecule has 1 heterocycles. The predicted molar refractivity (Wildman–Crippen MR) is 101 cm³/mol. The molecule has 3 N–H and O–H groups in total. The van der Waals surface area contributed by atoms with Crippen LogP contribution in [0.2, 0.25) is 0 Å². The van der Waals surface area contributed by atoms with E-state index in [1.54, 1.807) is 6.07 Å². The van der Waals surface area contributed by atoms with E-state index >= 15 is 0 Å². The van der Waals surface area contributed by atoms with Gasteiger partial charge in [-0.05, 0) is 25.1 Å². The quantitative estimate of drug-likeness (QED) is 0.444. The van der Waals surface area contributed by atoms with Crippen LogP contribution in [-0.2, 0) is 11.0 Å². The zero-order chi connectivity index (χ0) is 23.2. The van der Waals surface area contributed by atoms with Gasteiger partial charge in [-0.15, -0.1) is 0 Å². The Morgan fingerprint density at radius 2 is 1.87 bits per heavy atom. The second-order valence-corrected chi connectivity index (χ2v) is 5.94. The summed E-state index contributed by atoms with van der Waals surface area (Å²) in [5.74, 6) is -2.34. The summed E-state index contributed by atoms with van der Waals surface area (Å²) in [6, 6.07) is 5.46. The number of halogens is 3. The molecule has 162 valence electrons. The van der Waals surface area contributed by atoms with Crippen LogP contribution >= 0.6 is 0 Å². The van der Waals surface area contributed by atoms with Gasteiger partial charge in [0, 0.05) is 17.8 Å². The molecule has 31 heavy (non-hydrogen) atoms. The lowest BCUT2D eigenvalue weighted by molar-refractivity contribution is -0.138. The maximum absolute atomic E-state index is 13.4. The van der Waals surface area contributed by atoms with Gasteiger partial charge in [0.25, 0.3) is 0 Å². The van der Waals surface area contributed by atoms with Gasteiger partial charge in [0.1, 0.15) is 17.5 Å². The first kappa shape index (κ1) is 23.1. The number of amides is 2. The minimum absolute atomic E-state index is 0.00765. The number of anilines is 2. The van der Waals surface area contributed by atoms with Crippen LogP contribution in [0.1, 0.15) is 35.0 Å². The Labute approximate surface area is 173 Å². The van der Waals surface area contributed by atoms with Gasteiger partial charge in [-0.2, -0.15) is 18.4 Å². The molecule has 0 saturated carbocycles. The lowest BCUT2D eigenvalue weighted by Crippen LogP contribution is -2.20. The molecule has 0 saturated heterocycles. The fraction of sp³-hybridized carbons (Fsp3) is 0.211. The number of nitrogens with zero attached hydrogens (tertiary/aromatic N) is 2. The molecule has 0 unspecified atom stereocenters. The van der Waals surface area contributed by atoms with Crippen LogP contribution in [0.3, 0.4) is 0 Å². The number of nitrogens with one attached hydrogen (secondary N) is 2. The number of pyridine rings is 1. The Morgan fingerprint density at radius 3 is 2.45 bits per heavy atom. The van der Waals surface area contributed by atoms with Crippen LogP contribution < -0.4 is 15.4 Å². The minimum atomic E-state index is -4.85. The van der Waals surface area contributed by atoms with E-state index in [4.69, 9.17) is 15.1 Å². The van der Waals surface area contributed by atoms with Crippen molar-refractivity contribution in [1.29, 1.82) is 5.26 Å². The van der Waals surface area contributed by atoms with Gasteiger partial charge in [-0.3, -0.25) is 14.9 Å². The lowest BCUT2D eigenvalue weighted by atomic mass is 10.1. The molecular weight excluding hydrogens is 421 g/mol. The van der Waals surface area contributed by atoms with Crippen molar-refractivity contribution < 1.29 is 37.4 Å². The second kappa shape index (κ2) is 9.57. The average Bonchev–Trinajstić information content (AvgIpc) is 2.68. The monoisotopic (exact) mass is 436 g/mol. The van der Waals surface area contributed by atoms with Crippen molar-refractivity contribution in [2.45, 2.75) is 19.5 Å². The van der Waals surface area contributed by atoms with Crippen LogP contribution in [0, 0.1) is 11.3 Å². The molecule has 9 nitrogen and oxygen atoms in total. The molecule has 0 radical (unpaired) electrons. The van der Waals surface area contributed by atoms with Gasteiger partial charge >= 0.3 is 12.3 Å². The summed E-state index contributed by atoms with van der Waals surface area (Å²) < 4.78 is 45.0. The molecule has 2 amide bonds. The van der Waals surface area contributed by atoms with E-state index in [1.165, 1.54) is 19.2 Å². The first-order valence-electron chi connectivity index (χ1n) is 8.62. The minimum Gasteiger partial charge on any atom is -0.493 e. The van der Waals surface area contributed by atoms with Crippen molar-refractivity contribution in [3.8, 4) is 11.8 Å². The van der Waals surface area contributed by atoms with E-state index < -0.39 is 47.4 Å². The molecule has 0 atom stereocenters. The summed E-state index contributed by atoms with van der Waals surface area (Å²) in [6.45, 7) is 1.33. The third-order valence-corrected chi connectivity index (χ3v) is 3.76. The summed E-state index contributed by atoms with van der Waals surface area (Å²) in [7, 11) is 0. The van der Waals surface area contributed by atoms with Crippen LogP contribution in [0.25, 0.3) is 0 Å².